The second kappa shape index (κ2) is 7.92. The lowest BCUT2D eigenvalue weighted by molar-refractivity contribution is -0.145. The molecule has 0 spiro atoms. The maximum absolute atomic E-state index is 11.5. The van der Waals surface area contributed by atoms with Gasteiger partial charge in [-0.2, -0.15) is 5.26 Å². The largest absolute Gasteiger partial charge is 0.493 e. The molecular weight excluding hydrogens is 364 g/mol. The number of methoxy groups -OCH3 is 1. The van der Waals surface area contributed by atoms with Crippen molar-refractivity contribution in [3.63, 3.8) is 0 Å². The third kappa shape index (κ3) is 3.44. The number of carbonyl (C=O) groups excluding carboxylic acids is 1. The predicted octanol–water partition coefficient (Wildman–Crippen LogP) is 1.89. The summed E-state index contributed by atoms with van der Waals surface area (Å²) in [6.45, 7) is 3.60. The number of aryl methyl sites for hydroxylation is 1. The van der Waals surface area contributed by atoms with Crippen LogP contribution in [0, 0.1) is 18.3 Å². The molecule has 146 valence electrons. The molecule has 1 aliphatic heterocycles. The van der Waals surface area contributed by atoms with Crippen molar-refractivity contribution >= 4 is 5.97 Å². The molecule has 0 aliphatic carbocycles. The molecule has 0 unspecified atom stereocenters. The minimum absolute atomic E-state index is 0.00750. The summed E-state index contributed by atoms with van der Waals surface area (Å²) in [5.41, 5.74) is 8.44. The van der Waals surface area contributed by atoms with Crippen molar-refractivity contribution in [1.82, 2.24) is 10.2 Å². The van der Waals surface area contributed by atoms with Gasteiger partial charge in [0.05, 0.1) is 19.6 Å². The van der Waals surface area contributed by atoms with Gasteiger partial charge in [-0.3, -0.25) is 5.10 Å². The molecule has 1 aromatic carbocycles. The van der Waals surface area contributed by atoms with Crippen molar-refractivity contribution in [2.75, 3.05) is 20.3 Å². The van der Waals surface area contributed by atoms with Crippen LogP contribution in [-0.2, 0) is 9.53 Å². The number of rotatable bonds is 6. The van der Waals surface area contributed by atoms with Crippen LogP contribution >= 0.6 is 0 Å². The van der Waals surface area contributed by atoms with Gasteiger partial charge < -0.3 is 24.7 Å². The van der Waals surface area contributed by atoms with Gasteiger partial charge in [-0.1, -0.05) is 6.07 Å². The molecule has 0 fully saturated rings. The lowest BCUT2D eigenvalue weighted by Gasteiger charge is -2.24. The highest BCUT2D eigenvalue weighted by molar-refractivity contribution is 5.71. The smallest absolute Gasteiger partial charge is 0.344 e. The number of hydrogen-bond acceptors (Lipinski definition) is 8. The first-order chi connectivity index (χ1) is 13.5. The van der Waals surface area contributed by atoms with Gasteiger partial charge in [-0.15, -0.1) is 5.10 Å². The number of carbonyl (C=O) groups is 1. The Bertz CT molecular complexity index is 973. The van der Waals surface area contributed by atoms with Gasteiger partial charge in [0, 0.05) is 11.3 Å². The fourth-order valence-corrected chi connectivity index (χ4v) is 3.05. The van der Waals surface area contributed by atoms with Crippen LogP contribution in [-0.4, -0.2) is 36.5 Å². The summed E-state index contributed by atoms with van der Waals surface area (Å²) < 4.78 is 21.2. The van der Waals surface area contributed by atoms with Gasteiger partial charge >= 0.3 is 5.97 Å². The predicted molar refractivity (Wildman–Crippen MR) is 97.7 cm³/mol. The number of benzene rings is 1. The Hall–Kier alpha value is -3.67. The summed E-state index contributed by atoms with van der Waals surface area (Å²) >= 11 is 0. The van der Waals surface area contributed by atoms with Crippen molar-refractivity contribution in [3.8, 4) is 23.4 Å². The number of nitriles is 1. The molecule has 0 bridgehead atoms. The van der Waals surface area contributed by atoms with Crippen LogP contribution in [0.4, 0.5) is 0 Å². The number of hydrogen-bond donors (Lipinski definition) is 2. The van der Waals surface area contributed by atoms with E-state index in [4.69, 9.17) is 24.7 Å². The summed E-state index contributed by atoms with van der Waals surface area (Å²) in [5, 5.41) is 16.6. The number of nitrogens with zero attached hydrogens (tertiary/aromatic N) is 2. The van der Waals surface area contributed by atoms with Crippen molar-refractivity contribution in [1.29, 1.82) is 5.26 Å². The van der Waals surface area contributed by atoms with Crippen molar-refractivity contribution in [2.45, 2.75) is 19.8 Å². The van der Waals surface area contributed by atoms with Gasteiger partial charge in [0.2, 0.25) is 11.8 Å². The molecule has 3 N–H and O–H groups in total. The van der Waals surface area contributed by atoms with Crippen LogP contribution in [0.3, 0.4) is 0 Å². The molecule has 9 nitrogen and oxygen atoms in total. The molecule has 2 heterocycles. The third-order valence-corrected chi connectivity index (χ3v) is 4.30. The van der Waals surface area contributed by atoms with Crippen LogP contribution < -0.4 is 19.9 Å². The minimum Gasteiger partial charge on any atom is -0.493 e. The van der Waals surface area contributed by atoms with Crippen LogP contribution in [0.15, 0.2) is 29.7 Å². The Morgan fingerprint density at radius 1 is 1.43 bits per heavy atom. The average Bonchev–Trinajstić information content (AvgIpc) is 3.05. The highest BCUT2D eigenvalue weighted by Gasteiger charge is 2.34. The zero-order valence-corrected chi connectivity index (χ0v) is 15.7. The van der Waals surface area contributed by atoms with Gasteiger partial charge in [0.1, 0.15) is 11.6 Å². The minimum atomic E-state index is -0.473. The van der Waals surface area contributed by atoms with E-state index >= 15 is 0 Å². The number of fused-ring (bicyclic) bond motifs is 1. The molecule has 9 heteroatoms. The number of nitrogens with two attached hydrogens (primary N) is 1. The molecule has 1 atom stereocenters. The molecule has 0 radical (unpaired) electrons. The van der Waals surface area contributed by atoms with Gasteiger partial charge in [0.15, 0.2) is 18.1 Å². The fourth-order valence-electron chi connectivity index (χ4n) is 3.05. The number of H-pyrrole nitrogens is 1. The first kappa shape index (κ1) is 19.1. The second-order valence-corrected chi connectivity index (χ2v) is 6.00. The zero-order chi connectivity index (χ0) is 20.3. The highest BCUT2D eigenvalue weighted by Crippen LogP contribution is 2.44. The molecule has 0 saturated heterocycles. The van der Waals surface area contributed by atoms with Crippen LogP contribution in [0.5, 0.6) is 17.4 Å². The number of nitrogens with one attached hydrogen (secondary N) is 1. The summed E-state index contributed by atoms with van der Waals surface area (Å²) in [6, 6.07) is 7.30. The summed E-state index contributed by atoms with van der Waals surface area (Å²) in [6.07, 6.45) is 0. The summed E-state index contributed by atoms with van der Waals surface area (Å²) in [5.74, 6) is 0.186. The van der Waals surface area contributed by atoms with Crippen molar-refractivity contribution in [3.05, 3.63) is 46.5 Å². The lowest BCUT2D eigenvalue weighted by atomic mass is 9.84. The first-order valence-corrected chi connectivity index (χ1v) is 8.58. The number of allylic oxidation sites excluding steroid dienone is 1. The van der Waals surface area contributed by atoms with Gasteiger partial charge in [0.25, 0.3) is 0 Å². The maximum atomic E-state index is 11.5. The van der Waals surface area contributed by atoms with E-state index in [9.17, 15) is 10.1 Å². The molecular formula is C19H20N4O5. The summed E-state index contributed by atoms with van der Waals surface area (Å²) in [4.78, 5) is 11.5. The molecule has 0 amide bonds. The quantitative estimate of drug-likeness (QED) is 0.722. The average molecular weight is 384 g/mol. The second-order valence-electron chi connectivity index (χ2n) is 6.00. The number of ether oxygens (including phenoxy) is 4. The molecule has 1 aliphatic rings. The Labute approximate surface area is 161 Å². The SMILES string of the molecule is CCOC(=O)COc1ccc([C@@H]2C(C#N)=C(N)Oc3n[nH]c(C)c32)cc1OC. The Balaban J connectivity index is 1.98. The Kier molecular flexibility index (Phi) is 5.40. The number of esters is 1. The van der Waals surface area contributed by atoms with Gasteiger partial charge in [-0.25, -0.2) is 4.79 Å². The van der Waals surface area contributed by atoms with Crippen LogP contribution in [0.1, 0.15) is 29.7 Å². The van der Waals surface area contributed by atoms with Crippen molar-refractivity contribution < 1.29 is 23.7 Å². The van der Waals surface area contributed by atoms with E-state index in [0.717, 1.165) is 16.8 Å². The van der Waals surface area contributed by atoms with Crippen LogP contribution in [0.2, 0.25) is 0 Å². The maximum Gasteiger partial charge on any atom is 0.344 e. The normalized spacial score (nSPS) is 15.3. The first-order valence-electron chi connectivity index (χ1n) is 8.58. The molecule has 28 heavy (non-hydrogen) atoms. The Morgan fingerprint density at radius 3 is 2.89 bits per heavy atom. The fraction of sp³-hybridized carbons (Fsp3) is 0.316. The molecule has 1 aromatic heterocycles. The van der Waals surface area contributed by atoms with E-state index in [-0.39, 0.29) is 24.7 Å². The topological polar surface area (TPSA) is 132 Å². The van der Waals surface area contributed by atoms with E-state index in [1.54, 1.807) is 25.1 Å². The Morgan fingerprint density at radius 2 is 2.21 bits per heavy atom. The number of aromatic amines is 1. The lowest BCUT2D eigenvalue weighted by Crippen LogP contribution is -2.21. The van der Waals surface area contributed by atoms with E-state index in [1.807, 2.05) is 6.92 Å². The van der Waals surface area contributed by atoms with E-state index in [2.05, 4.69) is 16.3 Å². The molecule has 0 saturated carbocycles. The number of aromatic nitrogens is 2. The molecule has 2 aromatic rings. The van der Waals surface area contributed by atoms with Crippen LogP contribution in [0.25, 0.3) is 0 Å². The van der Waals surface area contributed by atoms with E-state index < -0.39 is 11.9 Å². The third-order valence-electron chi connectivity index (χ3n) is 4.30. The summed E-state index contributed by atoms with van der Waals surface area (Å²) in [7, 11) is 1.49. The zero-order valence-electron chi connectivity index (χ0n) is 15.7. The monoisotopic (exact) mass is 384 g/mol. The van der Waals surface area contributed by atoms with Gasteiger partial charge in [-0.05, 0) is 31.5 Å². The highest BCUT2D eigenvalue weighted by atomic mass is 16.6. The van der Waals surface area contributed by atoms with E-state index in [0.29, 0.717) is 17.4 Å². The molecule has 3 rings (SSSR count). The van der Waals surface area contributed by atoms with Crippen molar-refractivity contribution in [2.24, 2.45) is 5.73 Å². The standard InChI is InChI=1S/C19H20N4O5/c1-4-26-15(24)9-27-13-6-5-11(7-14(13)25-3)17-12(8-20)18(21)28-19-16(17)10(2)22-23-19/h5-7,17H,4,9,21H2,1-3H3,(H,22,23)/t17-/m1/s1. The van der Waals surface area contributed by atoms with E-state index in [1.165, 1.54) is 7.11 Å².